The lowest BCUT2D eigenvalue weighted by Gasteiger charge is -2.30. The fourth-order valence-corrected chi connectivity index (χ4v) is 2.37. The summed E-state index contributed by atoms with van der Waals surface area (Å²) in [5.41, 5.74) is 1.29. The smallest absolute Gasteiger partial charge is 0.0921 e. The van der Waals surface area contributed by atoms with E-state index < -0.39 is 0 Å². The highest BCUT2D eigenvalue weighted by atomic mass is 79.9. The van der Waals surface area contributed by atoms with Crippen LogP contribution < -0.4 is 0 Å². The molecule has 0 unspecified atom stereocenters. The monoisotopic (exact) mass is 367 g/mol. The Balaban J connectivity index is 0.00000128. The molecule has 2 heterocycles. The van der Waals surface area contributed by atoms with Gasteiger partial charge in [-0.05, 0) is 51.2 Å². The van der Waals surface area contributed by atoms with Crippen LogP contribution in [-0.2, 0) is 6.42 Å². The Bertz CT molecular complexity index is 269. The molecule has 17 heavy (non-hydrogen) atoms. The molecule has 0 bridgehead atoms. The maximum atomic E-state index is 4.05. The third-order valence-corrected chi connectivity index (χ3v) is 3.53. The molecule has 0 amide bonds. The summed E-state index contributed by atoms with van der Waals surface area (Å²) in [5, 5.41) is 0. The highest BCUT2D eigenvalue weighted by Gasteiger charge is 2.17. The second-order valence-electron chi connectivity index (χ2n) is 4.49. The van der Waals surface area contributed by atoms with Crippen molar-refractivity contribution in [3.63, 3.8) is 0 Å². The van der Waals surface area contributed by atoms with Gasteiger partial charge in [-0.1, -0.05) is 6.92 Å². The van der Waals surface area contributed by atoms with Crippen LogP contribution >= 0.6 is 34.0 Å². The van der Waals surface area contributed by atoms with Gasteiger partial charge in [0.1, 0.15) is 0 Å². The first-order valence-corrected chi connectivity index (χ1v) is 6.08. The van der Waals surface area contributed by atoms with Crippen molar-refractivity contribution in [2.45, 2.75) is 32.6 Å². The predicted molar refractivity (Wildman–Crippen MR) is 82.4 cm³/mol. The van der Waals surface area contributed by atoms with Crippen molar-refractivity contribution in [2.24, 2.45) is 5.92 Å². The molecular formula is C12H23Br2N3. The molecule has 1 aromatic heterocycles. The predicted octanol–water partition coefficient (Wildman–Crippen LogP) is 3.23. The van der Waals surface area contributed by atoms with Crippen LogP contribution in [0.4, 0.5) is 0 Å². The normalized spacial score (nSPS) is 17.2. The average molecular weight is 369 g/mol. The van der Waals surface area contributed by atoms with Crippen LogP contribution in [0.25, 0.3) is 0 Å². The van der Waals surface area contributed by atoms with Gasteiger partial charge in [0, 0.05) is 11.9 Å². The number of nitrogens with one attached hydrogen (secondary N) is 1. The summed E-state index contributed by atoms with van der Waals surface area (Å²) in [4.78, 5) is 9.77. The SMILES string of the molecule is Br.Br.CCN1CCC(CCc2cnc[nH]2)CC1. The topological polar surface area (TPSA) is 31.9 Å². The van der Waals surface area contributed by atoms with Crippen LogP contribution in [0.5, 0.6) is 0 Å². The zero-order valence-electron chi connectivity index (χ0n) is 10.4. The molecule has 0 radical (unpaired) electrons. The molecule has 0 saturated carbocycles. The van der Waals surface area contributed by atoms with Gasteiger partial charge in [-0.3, -0.25) is 0 Å². The molecule has 0 spiro atoms. The number of imidazole rings is 1. The summed E-state index contributed by atoms with van der Waals surface area (Å²) in [7, 11) is 0. The van der Waals surface area contributed by atoms with Crippen LogP contribution in [-0.4, -0.2) is 34.5 Å². The minimum absolute atomic E-state index is 0. The molecule has 1 saturated heterocycles. The van der Waals surface area contributed by atoms with E-state index in [2.05, 4.69) is 21.8 Å². The second-order valence-corrected chi connectivity index (χ2v) is 4.49. The molecule has 0 aromatic carbocycles. The molecule has 1 aliphatic heterocycles. The summed E-state index contributed by atoms with van der Waals surface area (Å²) in [6.07, 6.45) is 8.96. The van der Waals surface area contributed by atoms with Crippen molar-refractivity contribution in [3.05, 3.63) is 18.2 Å². The largest absolute Gasteiger partial charge is 0.348 e. The van der Waals surface area contributed by atoms with Gasteiger partial charge in [-0.2, -0.15) is 0 Å². The number of halogens is 2. The molecule has 1 N–H and O–H groups in total. The molecule has 100 valence electrons. The van der Waals surface area contributed by atoms with Crippen LogP contribution in [0.2, 0.25) is 0 Å². The number of H-pyrrole nitrogens is 1. The lowest BCUT2D eigenvalue weighted by Crippen LogP contribution is -2.33. The molecule has 5 heteroatoms. The molecule has 1 aromatic rings. The van der Waals surface area contributed by atoms with Crippen LogP contribution in [0, 0.1) is 5.92 Å². The Hall–Kier alpha value is 0.130. The second kappa shape index (κ2) is 9.11. The maximum Gasteiger partial charge on any atom is 0.0921 e. The summed E-state index contributed by atoms with van der Waals surface area (Å²) < 4.78 is 0. The molecular weight excluding hydrogens is 346 g/mol. The van der Waals surface area contributed by atoms with Crippen molar-refractivity contribution >= 4 is 34.0 Å². The first-order valence-electron chi connectivity index (χ1n) is 6.08. The van der Waals surface area contributed by atoms with Crippen LogP contribution in [0.15, 0.2) is 12.5 Å². The van der Waals surface area contributed by atoms with Gasteiger partial charge >= 0.3 is 0 Å². The van der Waals surface area contributed by atoms with Crippen molar-refractivity contribution in [2.75, 3.05) is 19.6 Å². The molecule has 2 rings (SSSR count). The molecule has 1 fully saturated rings. The fourth-order valence-electron chi connectivity index (χ4n) is 2.37. The lowest BCUT2D eigenvalue weighted by molar-refractivity contribution is 0.187. The van der Waals surface area contributed by atoms with Gasteiger partial charge < -0.3 is 9.88 Å². The number of hydrogen-bond donors (Lipinski definition) is 1. The van der Waals surface area contributed by atoms with E-state index in [-0.39, 0.29) is 34.0 Å². The highest BCUT2D eigenvalue weighted by Crippen LogP contribution is 2.21. The van der Waals surface area contributed by atoms with E-state index in [1.165, 1.54) is 44.6 Å². The number of aryl methyl sites for hydroxylation is 1. The van der Waals surface area contributed by atoms with Crippen molar-refractivity contribution < 1.29 is 0 Å². The van der Waals surface area contributed by atoms with E-state index in [0.717, 1.165) is 12.3 Å². The Labute approximate surface area is 125 Å². The third-order valence-electron chi connectivity index (χ3n) is 3.53. The Morgan fingerprint density at radius 1 is 1.35 bits per heavy atom. The van der Waals surface area contributed by atoms with Crippen molar-refractivity contribution in [1.82, 2.24) is 14.9 Å². The number of nitrogens with zero attached hydrogens (tertiary/aromatic N) is 2. The van der Waals surface area contributed by atoms with Gasteiger partial charge in [0.25, 0.3) is 0 Å². The number of rotatable bonds is 4. The fraction of sp³-hybridized carbons (Fsp3) is 0.750. The van der Waals surface area contributed by atoms with E-state index in [9.17, 15) is 0 Å². The zero-order valence-corrected chi connectivity index (χ0v) is 13.8. The van der Waals surface area contributed by atoms with Gasteiger partial charge in [0.05, 0.1) is 6.33 Å². The maximum absolute atomic E-state index is 4.05. The number of piperidine rings is 1. The number of aromatic amines is 1. The van der Waals surface area contributed by atoms with Gasteiger partial charge in [-0.25, -0.2) is 4.98 Å². The van der Waals surface area contributed by atoms with Gasteiger partial charge in [0.2, 0.25) is 0 Å². The number of likely N-dealkylation sites (tertiary alicyclic amines) is 1. The first kappa shape index (κ1) is 17.1. The molecule has 0 atom stereocenters. The number of aromatic nitrogens is 2. The van der Waals surface area contributed by atoms with Crippen molar-refractivity contribution in [3.8, 4) is 0 Å². The van der Waals surface area contributed by atoms with E-state index >= 15 is 0 Å². The summed E-state index contributed by atoms with van der Waals surface area (Å²) >= 11 is 0. The lowest BCUT2D eigenvalue weighted by atomic mass is 9.92. The van der Waals surface area contributed by atoms with E-state index in [1.807, 2.05) is 6.20 Å². The molecule has 0 aliphatic carbocycles. The average Bonchev–Trinajstić information content (AvgIpc) is 2.80. The van der Waals surface area contributed by atoms with E-state index in [1.54, 1.807) is 6.33 Å². The van der Waals surface area contributed by atoms with E-state index in [0.29, 0.717) is 0 Å². The summed E-state index contributed by atoms with van der Waals surface area (Å²) in [5.74, 6) is 0.927. The third kappa shape index (κ3) is 5.53. The standard InChI is InChI=1S/C12H21N3.2BrH/c1-2-15-7-5-11(6-8-15)3-4-12-9-13-10-14-12;;/h9-11H,2-8H2,1H3,(H,13,14);2*1H. The van der Waals surface area contributed by atoms with E-state index in [4.69, 9.17) is 0 Å². The van der Waals surface area contributed by atoms with Crippen LogP contribution in [0.1, 0.15) is 31.9 Å². The molecule has 3 nitrogen and oxygen atoms in total. The number of hydrogen-bond acceptors (Lipinski definition) is 2. The Kier molecular flexibility index (Phi) is 9.18. The zero-order chi connectivity index (χ0) is 10.5. The van der Waals surface area contributed by atoms with Gasteiger partial charge in [-0.15, -0.1) is 34.0 Å². The Morgan fingerprint density at radius 3 is 2.59 bits per heavy atom. The highest BCUT2D eigenvalue weighted by molar-refractivity contribution is 8.93. The summed E-state index contributed by atoms with van der Waals surface area (Å²) in [6.45, 7) is 6.06. The first-order chi connectivity index (χ1) is 7.38. The Morgan fingerprint density at radius 2 is 2.06 bits per heavy atom. The van der Waals surface area contributed by atoms with Gasteiger partial charge in [0.15, 0.2) is 0 Å². The summed E-state index contributed by atoms with van der Waals surface area (Å²) in [6, 6.07) is 0. The minimum Gasteiger partial charge on any atom is -0.348 e. The molecule has 1 aliphatic rings. The quantitative estimate of drug-likeness (QED) is 0.884. The van der Waals surface area contributed by atoms with Crippen LogP contribution in [0.3, 0.4) is 0 Å². The minimum atomic E-state index is 0. The van der Waals surface area contributed by atoms with Crippen molar-refractivity contribution in [1.29, 1.82) is 0 Å².